The fourth-order valence-electron chi connectivity index (χ4n) is 2.23. The SMILES string of the molecule is Cc1ccc(C(=O)NCCN2CCCC2)c(Br)c1. The summed E-state index contributed by atoms with van der Waals surface area (Å²) < 4.78 is 0.862. The molecule has 0 spiro atoms. The van der Waals surface area contributed by atoms with Crippen molar-refractivity contribution in [1.29, 1.82) is 0 Å². The van der Waals surface area contributed by atoms with E-state index in [9.17, 15) is 4.79 Å². The molecule has 0 saturated carbocycles. The molecule has 1 aromatic rings. The third-order valence-corrected chi connectivity index (χ3v) is 3.94. The van der Waals surface area contributed by atoms with Crippen molar-refractivity contribution in [1.82, 2.24) is 10.2 Å². The fraction of sp³-hybridized carbons (Fsp3) is 0.500. The molecule has 0 radical (unpaired) electrons. The summed E-state index contributed by atoms with van der Waals surface area (Å²) in [6.45, 7) is 6.03. The van der Waals surface area contributed by atoms with Crippen molar-refractivity contribution in [2.45, 2.75) is 19.8 Å². The molecule has 1 aliphatic rings. The zero-order valence-corrected chi connectivity index (χ0v) is 12.3. The van der Waals surface area contributed by atoms with Crippen LogP contribution in [0.3, 0.4) is 0 Å². The second-order valence-electron chi connectivity index (χ2n) is 4.79. The number of carbonyl (C=O) groups excluding carboxylic acids is 1. The first-order valence-electron chi connectivity index (χ1n) is 6.43. The monoisotopic (exact) mass is 310 g/mol. The summed E-state index contributed by atoms with van der Waals surface area (Å²) in [6, 6.07) is 5.79. The largest absolute Gasteiger partial charge is 0.351 e. The van der Waals surface area contributed by atoms with Crippen LogP contribution in [0.2, 0.25) is 0 Å². The highest BCUT2D eigenvalue weighted by Crippen LogP contribution is 2.18. The van der Waals surface area contributed by atoms with Crippen LogP contribution in [0.4, 0.5) is 0 Å². The minimum atomic E-state index is 0.000993. The summed E-state index contributed by atoms with van der Waals surface area (Å²) in [4.78, 5) is 14.4. The van der Waals surface area contributed by atoms with E-state index in [1.807, 2.05) is 25.1 Å². The molecule has 0 aromatic heterocycles. The van der Waals surface area contributed by atoms with Gasteiger partial charge in [-0.3, -0.25) is 4.79 Å². The van der Waals surface area contributed by atoms with Crippen molar-refractivity contribution in [2.24, 2.45) is 0 Å². The van der Waals surface area contributed by atoms with Gasteiger partial charge in [-0.1, -0.05) is 6.07 Å². The van der Waals surface area contributed by atoms with Gasteiger partial charge in [0, 0.05) is 17.6 Å². The lowest BCUT2D eigenvalue weighted by atomic mass is 10.1. The van der Waals surface area contributed by atoms with Crippen molar-refractivity contribution in [3.05, 3.63) is 33.8 Å². The number of nitrogens with one attached hydrogen (secondary N) is 1. The molecule has 1 aliphatic heterocycles. The van der Waals surface area contributed by atoms with Crippen LogP contribution in [0.15, 0.2) is 22.7 Å². The predicted molar refractivity (Wildman–Crippen MR) is 76.9 cm³/mol. The molecule has 1 N–H and O–H groups in total. The van der Waals surface area contributed by atoms with Gasteiger partial charge in [0.05, 0.1) is 5.56 Å². The van der Waals surface area contributed by atoms with Crippen LogP contribution in [0.1, 0.15) is 28.8 Å². The number of aryl methyl sites for hydroxylation is 1. The van der Waals surface area contributed by atoms with E-state index in [4.69, 9.17) is 0 Å². The number of likely N-dealkylation sites (tertiary alicyclic amines) is 1. The van der Waals surface area contributed by atoms with E-state index in [1.165, 1.54) is 25.9 Å². The van der Waals surface area contributed by atoms with Crippen molar-refractivity contribution in [3.63, 3.8) is 0 Å². The lowest BCUT2D eigenvalue weighted by Crippen LogP contribution is -2.33. The average molecular weight is 311 g/mol. The zero-order valence-electron chi connectivity index (χ0n) is 10.7. The van der Waals surface area contributed by atoms with Crippen molar-refractivity contribution < 1.29 is 4.79 Å². The molecular formula is C14H19BrN2O. The number of amides is 1. The smallest absolute Gasteiger partial charge is 0.252 e. The van der Waals surface area contributed by atoms with Crippen LogP contribution >= 0.6 is 15.9 Å². The van der Waals surface area contributed by atoms with Crippen molar-refractivity contribution >= 4 is 21.8 Å². The Morgan fingerprint density at radius 3 is 2.78 bits per heavy atom. The maximum absolute atomic E-state index is 12.0. The maximum Gasteiger partial charge on any atom is 0.252 e. The molecule has 1 fully saturated rings. The van der Waals surface area contributed by atoms with E-state index in [1.54, 1.807) is 0 Å². The molecule has 18 heavy (non-hydrogen) atoms. The number of benzene rings is 1. The molecule has 0 aliphatic carbocycles. The van der Waals surface area contributed by atoms with Crippen molar-refractivity contribution in [3.8, 4) is 0 Å². The molecule has 0 unspecified atom stereocenters. The van der Waals surface area contributed by atoms with Gasteiger partial charge in [-0.2, -0.15) is 0 Å². The Labute approximate surface area is 117 Å². The normalized spacial score (nSPS) is 15.9. The molecule has 98 valence electrons. The zero-order chi connectivity index (χ0) is 13.0. The topological polar surface area (TPSA) is 32.3 Å². The molecule has 1 heterocycles. The van der Waals surface area contributed by atoms with Gasteiger partial charge in [-0.15, -0.1) is 0 Å². The second-order valence-corrected chi connectivity index (χ2v) is 5.64. The van der Waals surface area contributed by atoms with Gasteiger partial charge in [-0.05, 0) is 66.5 Å². The first-order valence-corrected chi connectivity index (χ1v) is 7.23. The van der Waals surface area contributed by atoms with Crippen molar-refractivity contribution in [2.75, 3.05) is 26.2 Å². The summed E-state index contributed by atoms with van der Waals surface area (Å²) in [7, 11) is 0. The standard InChI is InChI=1S/C14H19BrN2O/c1-11-4-5-12(13(15)10-11)14(18)16-6-9-17-7-2-3-8-17/h4-5,10H,2-3,6-9H2,1H3,(H,16,18). The van der Waals surface area contributed by atoms with Crippen LogP contribution in [0.25, 0.3) is 0 Å². The third-order valence-electron chi connectivity index (χ3n) is 3.28. The molecule has 0 bridgehead atoms. The van der Waals surface area contributed by atoms with E-state index < -0.39 is 0 Å². The van der Waals surface area contributed by atoms with E-state index in [0.29, 0.717) is 5.56 Å². The highest BCUT2D eigenvalue weighted by atomic mass is 79.9. The first kappa shape index (κ1) is 13.6. The fourth-order valence-corrected chi connectivity index (χ4v) is 2.91. The lowest BCUT2D eigenvalue weighted by molar-refractivity contribution is 0.0949. The number of rotatable bonds is 4. The number of hydrogen-bond donors (Lipinski definition) is 1. The third kappa shape index (κ3) is 3.56. The number of nitrogens with zero attached hydrogens (tertiary/aromatic N) is 1. The predicted octanol–water partition coefficient (Wildman–Crippen LogP) is 2.58. The molecule has 1 aromatic carbocycles. The van der Waals surface area contributed by atoms with Crippen LogP contribution in [0.5, 0.6) is 0 Å². The number of halogens is 1. The van der Waals surface area contributed by atoms with Crippen LogP contribution in [-0.4, -0.2) is 37.0 Å². The Bertz CT molecular complexity index is 428. The molecule has 1 saturated heterocycles. The second kappa shape index (κ2) is 6.34. The van der Waals surface area contributed by atoms with Crippen LogP contribution < -0.4 is 5.32 Å². The summed E-state index contributed by atoms with van der Waals surface area (Å²) in [5.74, 6) is 0.000993. The van der Waals surface area contributed by atoms with Gasteiger partial charge >= 0.3 is 0 Å². The van der Waals surface area contributed by atoms with Gasteiger partial charge < -0.3 is 10.2 Å². The molecule has 0 atom stereocenters. The maximum atomic E-state index is 12.0. The first-order chi connectivity index (χ1) is 8.66. The van der Waals surface area contributed by atoms with Gasteiger partial charge in [0.2, 0.25) is 0 Å². The Morgan fingerprint density at radius 1 is 1.39 bits per heavy atom. The van der Waals surface area contributed by atoms with Gasteiger partial charge in [0.1, 0.15) is 0 Å². The molecule has 2 rings (SSSR count). The molecule has 4 heteroatoms. The number of hydrogen-bond acceptors (Lipinski definition) is 2. The van der Waals surface area contributed by atoms with Gasteiger partial charge in [-0.25, -0.2) is 0 Å². The highest BCUT2D eigenvalue weighted by molar-refractivity contribution is 9.10. The highest BCUT2D eigenvalue weighted by Gasteiger charge is 2.12. The van der Waals surface area contributed by atoms with E-state index in [-0.39, 0.29) is 5.91 Å². The van der Waals surface area contributed by atoms with Gasteiger partial charge in [0.15, 0.2) is 0 Å². The summed E-state index contributed by atoms with van der Waals surface area (Å²) in [6.07, 6.45) is 2.58. The van der Waals surface area contributed by atoms with Crippen LogP contribution in [0, 0.1) is 6.92 Å². The Balaban J connectivity index is 1.83. The quantitative estimate of drug-likeness (QED) is 0.927. The van der Waals surface area contributed by atoms with Gasteiger partial charge in [0.25, 0.3) is 5.91 Å². The Kier molecular flexibility index (Phi) is 4.78. The average Bonchev–Trinajstić information content (AvgIpc) is 2.81. The van der Waals surface area contributed by atoms with E-state index in [2.05, 4.69) is 26.1 Å². The van der Waals surface area contributed by atoms with E-state index in [0.717, 1.165) is 23.1 Å². The Hall–Kier alpha value is -0.870. The van der Waals surface area contributed by atoms with E-state index >= 15 is 0 Å². The summed E-state index contributed by atoms with van der Waals surface area (Å²) in [5.41, 5.74) is 1.86. The minimum Gasteiger partial charge on any atom is -0.351 e. The van der Waals surface area contributed by atoms with Crippen LogP contribution in [-0.2, 0) is 0 Å². The lowest BCUT2D eigenvalue weighted by Gasteiger charge is -2.15. The Morgan fingerprint density at radius 2 is 2.11 bits per heavy atom. The summed E-state index contributed by atoms with van der Waals surface area (Å²) >= 11 is 3.43. The molecule has 3 nitrogen and oxygen atoms in total. The molecular weight excluding hydrogens is 292 g/mol. The molecule has 1 amide bonds. The minimum absolute atomic E-state index is 0.000993. The summed E-state index contributed by atoms with van der Waals surface area (Å²) in [5, 5.41) is 2.98. The number of carbonyl (C=O) groups is 1.